The van der Waals surface area contributed by atoms with Crippen LogP contribution in [0.3, 0.4) is 0 Å². The number of carbonyl (C=O) groups excluding carboxylic acids is 2. The molecule has 1 atom stereocenters. The van der Waals surface area contributed by atoms with Crippen LogP contribution in [0.2, 0.25) is 0 Å². The molecule has 3 heterocycles. The summed E-state index contributed by atoms with van der Waals surface area (Å²) in [7, 11) is 0. The van der Waals surface area contributed by atoms with Crippen LogP contribution in [-0.4, -0.2) is 22.6 Å². The number of rotatable bonds is 4. The van der Waals surface area contributed by atoms with Crippen molar-refractivity contribution >= 4 is 17.6 Å². The predicted molar refractivity (Wildman–Crippen MR) is 72.3 cm³/mol. The summed E-state index contributed by atoms with van der Waals surface area (Å²) < 4.78 is 10.6. The quantitative estimate of drug-likeness (QED) is 0.779. The van der Waals surface area contributed by atoms with Crippen LogP contribution >= 0.6 is 0 Å². The minimum Gasteiger partial charge on any atom is -0.545 e. The van der Waals surface area contributed by atoms with E-state index in [0.29, 0.717) is 29.7 Å². The third kappa shape index (κ3) is 2.69. The second kappa shape index (κ2) is 5.72. The molecule has 2 aromatic rings. The number of aliphatic carboxylic acids is 1. The largest absolute Gasteiger partial charge is 0.545 e. The summed E-state index contributed by atoms with van der Waals surface area (Å²) in [5.41, 5.74) is 0.585. The average Bonchev–Trinajstić information content (AvgIpc) is 3.23. The summed E-state index contributed by atoms with van der Waals surface area (Å²) in [5, 5.41) is 15.8. The minimum atomic E-state index is -1.45. The molecule has 112 valence electrons. The lowest BCUT2D eigenvalue weighted by Crippen LogP contribution is -2.26. The van der Waals surface area contributed by atoms with Gasteiger partial charge in [0.2, 0.25) is 0 Å². The van der Waals surface area contributed by atoms with Gasteiger partial charge in [-0.1, -0.05) is 0 Å². The van der Waals surface area contributed by atoms with E-state index in [1.165, 1.54) is 17.5 Å². The lowest BCUT2D eigenvalue weighted by Gasteiger charge is -2.18. The van der Waals surface area contributed by atoms with E-state index >= 15 is 0 Å². The molecule has 0 aromatic carbocycles. The third-order valence-electron chi connectivity index (χ3n) is 3.18. The third-order valence-corrected chi connectivity index (χ3v) is 3.18. The molecule has 1 aliphatic heterocycles. The summed E-state index contributed by atoms with van der Waals surface area (Å²) >= 11 is 0. The molecule has 22 heavy (non-hydrogen) atoms. The van der Waals surface area contributed by atoms with E-state index in [9.17, 15) is 14.7 Å². The van der Waals surface area contributed by atoms with E-state index < -0.39 is 17.9 Å². The molecule has 1 aliphatic rings. The molecule has 0 unspecified atom stereocenters. The molecule has 2 aromatic heterocycles. The molecule has 1 amide bonds. The summed E-state index contributed by atoms with van der Waals surface area (Å²) in [6, 6.07) is 6.45. The topological polar surface area (TPSA) is 99.1 Å². The number of hydrogen-bond acceptors (Lipinski definition) is 6. The molecule has 0 spiro atoms. The Labute approximate surface area is 125 Å². The highest BCUT2D eigenvalue weighted by Gasteiger charge is 2.34. The Bertz CT molecular complexity index is 728. The van der Waals surface area contributed by atoms with E-state index in [0.717, 1.165) is 6.08 Å². The standard InChI is InChI=1S/C15H12N2O5/c18-14(5-6-15(19)20)17-11(13-4-2-8-22-13)9-10(16-17)12-3-1-7-21-12/h1-8,11H,9H2,(H,19,20)/p-1/b6-5+/t11-/m1/s1. The lowest BCUT2D eigenvalue weighted by atomic mass is 10.1. The van der Waals surface area contributed by atoms with Crippen LogP contribution in [0.15, 0.2) is 62.9 Å². The zero-order chi connectivity index (χ0) is 15.5. The predicted octanol–water partition coefficient (Wildman–Crippen LogP) is 0.856. The van der Waals surface area contributed by atoms with Gasteiger partial charge in [-0.3, -0.25) is 4.79 Å². The Morgan fingerprint density at radius 2 is 2.00 bits per heavy atom. The second-order valence-electron chi connectivity index (χ2n) is 4.59. The van der Waals surface area contributed by atoms with Gasteiger partial charge < -0.3 is 18.7 Å². The molecule has 0 N–H and O–H groups in total. The van der Waals surface area contributed by atoms with Crippen LogP contribution < -0.4 is 5.11 Å². The fourth-order valence-electron chi connectivity index (χ4n) is 2.22. The van der Waals surface area contributed by atoms with Crippen LogP contribution in [0.5, 0.6) is 0 Å². The van der Waals surface area contributed by atoms with Gasteiger partial charge in [0.15, 0.2) is 0 Å². The highest BCUT2D eigenvalue weighted by Crippen LogP contribution is 2.33. The smallest absolute Gasteiger partial charge is 0.267 e. The van der Waals surface area contributed by atoms with Crippen LogP contribution in [0.25, 0.3) is 0 Å². The highest BCUT2D eigenvalue weighted by molar-refractivity contribution is 6.02. The maximum atomic E-state index is 12.1. The van der Waals surface area contributed by atoms with Crippen molar-refractivity contribution in [2.75, 3.05) is 0 Å². The van der Waals surface area contributed by atoms with Crippen molar-refractivity contribution < 1.29 is 23.5 Å². The highest BCUT2D eigenvalue weighted by atomic mass is 16.4. The van der Waals surface area contributed by atoms with Crippen molar-refractivity contribution in [3.8, 4) is 0 Å². The minimum absolute atomic E-state index is 0.409. The van der Waals surface area contributed by atoms with Crippen LogP contribution in [-0.2, 0) is 9.59 Å². The number of hydrogen-bond donors (Lipinski definition) is 0. The molecule has 0 aliphatic carbocycles. The first-order valence-electron chi connectivity index (χ1n) is 6.52. The first-order chi connectivity index (χ1) is 10.6. The second-order valence-corrected chi connectivity index (χ2v) is 4.59. The average molecular weight is 299 g/mol. The van der Waals surface area contributed by atoms with Gasteiger partial charge in [-0.15, -0.1) is 0 Å². The number of nitrogens with zero attached hydrogens (tertiary/aromatic N) is 2. The Kier molecular flexibility index (Phi) is 3.61. The molecular weight excluding hydrogens is 288 g/mol. The molecular formula is C15H11N2O5-. The van der Waals surface area contributed by atoms with Gasteiger partial charge in [0, 0.05) is 12.5 Å². The van der Waals surface area contributed by atoms with Gasteiger partial charge in [0.25, 0.3) is 5.91 Å². The number of carboxylic acid groups (broad SMARTS) is 1. The van der Waals surface area contributed by atoms with Crippen molar-refractivity contribution in [1.29, 1.82) is 0 Å². The van der Waals surface area contributed by atoms with E-state index in [1.54, 1.807) is 24.3 Å². The van der Waals surface area contributed by atoms with Gasteiger partial charge in [0.1, 0.15) is 23.3 Å². The fraction of sp³-hybridized carbons (Fsp3) is 0.133. The number of carboxylic acids is 1. The Morgan fingerprint density at radius 3 is 2.64 bits per heavy atom. The molecule has 0 radical (unpaired) electrons. The molecule has 0 saturated heterocycles. The van der Waals surface area contributed by atoms with Crippen molar-refractivity contribution in [3.63, 3.8) is 0 Å². The zero-order valence-corrected chi connectivity index (χ0v) is 11.3. The van der Waals surface area contributed by atoms with Gasteiger partial charge in [0.05, 0.1) is 18.5 Å². The molecule has 3 rings (SSSR count). The van der Waals surface area contributed by atoms with Gasteiger partial charge in [-0.25, -0.2) is 5.01 Å². The van der Waals surface area contributed by atoms with Crippen LogP contribution in [0.1, 0.15) is 24.0 Å². The summed E-state index contributed by atoms with van der Waals surface area (Å²) in [6.45, 7) is 0. The summed E-state index contributed by atoms with van der Waals surface area (Å²) in [4.78, 5) is 22.6. The normalized spacial score (nSPS) is 17.9. The molecule has 0 saturated carbocycles. The monoisotopic (exact) mass is 299 g/mol. The number of carbonyl (C=O) groups is 2. The SMILES string of the molecule is O=C([O-])/C=C/C(=O)N1N=C(c2ccco2)C[C@@H]1c1ccco1. The summed E-state index contributed by atoms with van der Waals surface area (Å²) in [6.07, 6.45) is 4.99. The zero-order valence-electron chi connectivity index (χ0n) is 11.3. The van der Waals surface area contributed by atoms with Crippen molar-refractivity contribution in [2.24, 2.45) is 5.10 Å². The number of furan rings is 2. The molecule has 0 fully saturated rings. The molecule has 7 nitrogen and oxygen atoms in total. The van der Waals surface area contributed by atoms with E-state index in [-0.39, 0.29) is 0 Å². The first-order valence-corrected chi connectivity index (χ1v) is 6.52. The van der Waals surface area contributed by atoms with E-state index in [2.05, 4.69) is 5.10 Å². The lowest BCUT2D eigenvalue weighted by molar-refractivity contribution is -0.297. The number of hydrazone groups is 1. The van der Waals surface area contributed by atoms with Crippen molar-refractivity contribution in [1.82, 2.24) is 5.01 Å². The van der Waals surface area contributed by atoms with Crippen LogP contribution in [0, 0.1) is 0 Å². The molecule has 0 bridgehead atoms. The van der Waals surface area contributed by atoms with Gasteiger partial charge in [-0.05, 0) is 30.3 Å². The Balaban J connectivity index is 1.90. The first kappa shape index (κ1) is 13.9. The Hall–Kier alpha value is -3.09. The van der Waals surface area contributed by atoms with Crippen LogP contribution in [0.4, 0.5) is 0 Å². The molecule has 7 heteroatoms. The maximum Gasteiger partial charge on any atom is 0.267 e. The Morgan fingerprint density at radius 1 is 1.23 bits per heavy atom. The fourth-order valence-corrected chi connectivity index (χ4v) is 2.22. The van der Waals surface area contributed by atoms with Crippen molar-refractivity contribution in [3.05, 3.63) is 60.5 Å². The number of amides is 1. The van der Waals surface area contributed by atoms with Gasteiger partial charge in [-0.2, -0.15) is 5.10 Å². The maximum absolute atomic E-state index is 12.1. The van der Waals surface area contributed by atoms with Crippen molar-refractivity contribution in [2.45, 2.75) is 12.5 Å². The van der Waals surface area contributed by atoms with Gasteiger partial charge >= 0.3 is 0 Å². The summed E-state index contributed by atoms with van der Waals surface area (Å²) in [5.74, 6) is -0.916. The van der Waals surface area contributed by atoms with E-state index in [4.69, 9.17) is 8.83 Å². The van der Waals surface area contributed by atoms with E-state index in [1.807, 2.05) is 0 Å².